The van der Waals surface area contributed by atoms with Gasteiger partial charge in [0.2, 0.25) is 5.91 Å². The fraction of sp³-hybridized carbons (Fsp3) is 0.429. The van der Waals surface area contributed by atoms with Gasteiger partial charge in [-0.25, -0.2) is 4.99 Å². The van der Waals surface area contributed by atoms with Crippen LogP contribution in [0.3, 0.4) is 0 Å². The first-order chi connectivity index (χ1) is 13.1. The van der Waals surface area contributed by atoms with Crippen LogP contribution in [0.4, 0.5) is 0 Å². The van der Waals surface area contributed by atoms with Gasteiger partial charge in [-0.15, -0.1) is 24.0 Å². The van der Waals surface area contributed by atoms with E-state index in [0.717, 1.165) is 38.4 Å². The lowest BCUT2D eigenvalue weighted by Crippen LogP contribution is -2.49. The first kappa shape index (κ1) is 22.4. The number of carbonyl (C=O) groups excluding carboxylic acids is 1. The molecule has 0 unspecified atom stereocenters. The Balaban J connectivity index is 0.00000280. The number of benzene rings is 2. The number of nitrogens with one attached hydrogen (secondary N) is 2. The maximum absolute atomic E-state index is 11.0. The van der Waals surface area contributed by atoms with E-state index in [1.54, 1.807) is 0 Å². The van der Waals surface area contributed by atoms with Crippen molar-refractivity contribution in [1.82, 2.24) is 15.5 Å². The molecule has 3 rings (SSSR count). The number of halogens is 1. The molecule has 2 aromatic carbocycles. The smallest absolute Gasteiger partial charge is 0.231 e. The summed E-state index contributed by atoms with van der Waals surface area (Å²) in [6.07, 6.45) is 1.96. The predicted octanol–water partition coefficient (Wildman–Crippen LogP) is 2.46. The molecule has 0 aliphatic carbocycles. The quantitative estimate of drug-likeness (QED) is 0.327. The van der Waals surface area contributed by atoms with E-state index in [9.17, 15) is 4.79 Å². The third-order valence-corrected chi connectivity index (χ3v) is 4.89. The van der Waals surface area contributed by atoms with Crippen molar-refractivity contribution in [1.29, 1.82) is 0 Å². The van der Waals surface area contributed by atoms with Crippen LogP contribution in [0.2, 0.25) is 0 Å². The molecule has 0 saturated carbocycles. The normalized spacial score (nSPS) is 15.8. The van der Waals surface area contributed by atoms with Crippen molar-refractivity contribution in [3.05, 3.63) is 48.0 Å². The monoisotopic (exact) mass is 495 g/mol. The molecule has 1 aliphatic heterocycles. The SMILES string of the molecule is CCNC(=NCc1ccc2ccccc2c1)NC1CCN(CC(N)=O)CC1.I. The first-order valence-electron chi connectivity index (χ1n) is 9.67. The molecule has 6 nitrogen and oxygen atoms in total. The van der Waals surface area contributed by atoms with Crippen LogP contribution in [-0.2, 0) is 11.3 Å². The number of carbonyl (C=O) groups is 1. The van der Waals surface area contributed by atoms with Crippen LogP contribution >= 0.6 is 24.0 Å². The number of hydrogen-bond acceptors (Lipinski definition) is 3. The standard InChI is InChI=1S/C21H29N5O.HI/c1-2-23-21(25-19-9-11-26(12-10-19)15-20(22)27)24-14-16-7-8-17-5-3-4-6-18(17)13-16;/h3-8,13,19H,2,9-12,14-15H2,1H3,(H2,22,27)(H2,23,24,25);1H. The summed E-state index contributed by atoms with van der Waals surface area (Å²) in [6.45, 7) is 5.64. The number of likely N-dealkylation sites (tertiary alicyclic amines) is 1. The van der Waals surface area contributed by atoms with Crippen molar-refractivity contribution < 1.29 is 4.79 Å². The Morgan fingerprint density at radius 1 is 1.18 bits per heavy atom. The zero-order chi connectivity index (χ0) is 19.1. The summed E-state index contributed by atoms with van der Waals surface area (Å²) in [5.74, 6) is 0.589. The van der Waals surface area contributed by atoms with Crippen molar-refractivity contribution in [3.8, 4) is 0 Å². The minimum absolute atomic E-state index is 0. The molecule has 1 aliphatic rings. The highest BCUT2D eigenvalue weighted by Gasteiger charge is 2.20. The molecule has 1 heterocycles. The third kappa shape index (κ3) is 6.63. The highest BCUT2D eigenvalue weighted by Crippen LogP contribution is 2.16. The highest BCUT2D eigenvalue weighted by atomic mass is 127. The van der Waals surface area contributed by atoms with Crippen molar-refractivity contribution in [3.63, 3.8) is 0 Å². The summed E-state index contributed by atoms with van der Waals surface area (Å²) < 4.78 is 0. The number of fused-ring (bicyclic) bond motifs is 1. The van der Waals surface area contributed by atoms with Gasteiger partial charge in [0.1, 0.15) is 0 Å². The maximum Gasteiger partial charge on any atom is 0.231 e. The zero-order valence-electron chi connectivity index (χ0n) is 16.4. The van der Waals surface area contributed by atoms with Crippen molar-refractivity contribution in [2.75, 3.05) is 26.2 Å². The molecule has 152 valence electrons. The molecule has 1 amide bonds. The largest absolute Gasteiger partial charge is 0.369 e. The van der Waals surface area contributed by atoms with Gasteiger partial charge >= 0.3 is 0 Å². The molecule has 0 radical (unpaired) electrons. The number of nitrogens with two attached hydrogens (primary N) is 1. The van der Waals surface area contributed by atoms with Crippen LogP contribution in [0.1, 0.15) is 25.3 Å². The highest BCUT2D eigenvalue weighted by molar-refractivity contribution is 14.0. The van der Waals surface area contributed by atoms with E-state index in [-0.39, 0.29) is 29.9 Å². The van der Waals surface area contributed by atoms with Crippen LogP contribution in [0, 0.1) is 0 Å². The molecule has 0 bridgehead atoms. The molecule has 0 atom stereocenters. The second-order valence-electron chi connectivity index (χ2n) is 7.04. The van der Waals surface area contributed by atoms with Crippen LogP contribution in [0.5, 0.6) is 0 Å². The molecule has 0 spiro atoms. The van der Waals surface area contributed by atoms with Crippen molar-refractivity contribution in [2.45, 2.75) is 32.4 Å². The minimum atomic E-state index is -0.258. The molecular weight excluding hydrogens is 465 g/mol. The summed E-state index contributed by atoms with van der Waals surface area (Å²) in [7, 11) is 0. The van der Waals surface area contributed by atoms with E-state index in [4.69, 9.17) is 10.7 Å². The summed E-state index contributed by atoms with van der Waals surface area (Å²) >= 11 is 0. The lowest BCUT2D eigenvalue weighted by atomic mass is 10.1. The van der Waals surface area contributed by atoms with Crippen LogP contribution in [-0.4, -0.2) is 49.0 Å². The number of aliphatic imine (C=N–C) groups is 1. The van der Waals surface area contributed by atoms with E-state index in [2.05, 4.69) is 64.9 Å². The molecule has 1 saturated heterocycles. The van der Waals surface area contributed by atoms with Gasteiger partial charge < -0.3 is 16.4 Å². The molecule has 4 N–H and O–H groups in total. The number of guanidine groups is 1. The fourth-order valence-electron chi connectivity index (χ4n) is 3.48. The minimum Gasteiger partial charge on any atom is -0.369 e. The first-order valence-corrected chi connectivity index (χ1v) is 9.67. The number of hydrogen-bond donors (Lipinski definition) is 3. The molecule has 0 aromatic heterocycles. The van der Waals surface area contributed by atoms with E-state index in [0.29, 0.717) is 19.1 Å². The van der Waals surface area contributed by atoms with E-state index < -0.39 is 0 Å². The third-order valence-electron chi connectivity index (χ3n) is 4.89. The molecular formula is C21H30IN5O. The van der Waals surface area contributed by atoms with Gasteiger partial charge in [-0.1, -0.05) is 36.4 Å². The van der Waals surface area contributed by atoms with Gasteiger partial charge in [0.15, 0.2) is 5.96 Å². The van der Waals surface area contributed by atoms with Gasteiger partial charge in [0.05, 0.1) is 13.1 Å². The van der Waals surface area contributed by atoms with Gasteiger partial charge in [0.25, 0.3) is 0 Å². The maximum atomic E-state index is 11.0. The van der Waals surface area contributed by atoms with Crippen LogP contribution < -0.4 is 16.4 Å². The van der Waals surface area contributed by atoms with Crippen LogP contribution in [0.25, 0.3) is 10.8 Å². The Bertz CT molecular complexity index is 802. The average Bonchev–Trinajstić information content (AvgIpc) is 2.67. The molecule has 1 fully saturated rings. The summed E-state index contributed by atoms with van der Waals surface area (Å²) in [5, 5.41) is 9.35. The fourth-order valence-corrected chi connectivity index (χ4v) is 3.48. The molecule has 2 aromatic rings. The Labute approximate surface area is 184 Å². The van der Waals surface area contributed by atoms with Crippen LogP contribution in [0.15, 0.2) is 47.5 Å². The Hall–Kier alpha value is -1.87. The Morgan fingerprint density at radius 2 is 1.89 bits per heavy atom. The Morgan fingerprint density at radius 3 is 2.57 bits per heavy atom. The average molecular weight is 495 g/mol. The lowest BCUT2D eigenvalue weighted by Gasteiger charge is -2.32. The van der Waals surface area contributed by atoms with Gasteiger partial charge in [-0.05, 0) is 42.2 Å². The second-order valence-corrected chi connectivity index (χ2v) is 7.04. The molecule has 28 heavy (non-hydrogen) atoms. The number of nitrogens with zero attached hydrogens (tertiary/aromatic N) is 2. The van der Waals surface area contributed by atoms with Gasteiger partial charge in [-0.3, -0.25) is 9.69 Å². The number of primary amides is 1. The van der Waals surface area contributed by atoms with Crippen molar-refractivity contribution in [2.24, 2.45) is 10.7 Å². The summed E-state index contributed by atoms with van der Waals surface area (Å²) in [4.78, 5) is 17.9. The van der Waals surface area contributed by atoms with E-state index in [1.807, 2.05) is 0 Å². The predicted molar refractivity (Wildman–Crippen MR) is 126 cm³/mol. The summed E-state index contributed by atoms with van der Waals surface area (Å²) in [5.41, 5.74) is 6.48. The zero-order valence-corrected chi connectivity index (χ0v) is 18.7. The lowest BCUT2D eigenvalue weighted by molar-refractivity contribution is -0.119. The molecule has 7 heteroatoms. The van der Waals surface area contributed by atoms with E-state index in [1.165, 1.54) is 16.3 Å². The number of rotatable bonds is 6. The summed E-state index contributed by atoms with van der Waals surface area (Å²) in [6, 6.07) is 15.2. The van der Waals surface area contributed by atoms with Gasteiger partial charge in [-0.2, -0.15) is 0 Å². The topological polar surface area (TPSA) is 82.8 Å². The number of piperidine rings is 1. The van der Waals surface area contributed by atoms with E-state index >= 15 is 0 Å². The second kappa shape index (κ2) is 11.2. The number of amides is 1. The van der Waals surface area contributed by atoms with Crippen molar-refractivity contribution >= 4 is 46.6 Å². The van der Waals surface area contributed by atoms with Gasteiger partial charge in [0, 0.05) is 25.7 Å². The Kier molecular flexibility index (Phi) is 8.98.